The third-order valence-electron chi connectivity index (χ3n) is 4.06. The van der Waals surface area contributed by atoms with Gasteiger partial charge in [0, 0.05) is 17.5 Å². The molecule has 0 atom stereocenters. The molecule has 2 heterocycles. The molecule has 0 aliphatic rings. The fourth-order valence-electron chi connectivity index (χ4n) is 2.68. The van der Waals surface area contributed by atoms with Crippen LogP contribution in [0.2, 0.25) is 0 Å². The van der Waals surface area contributed by atoms with Gasteiger partial charge >= 0.3 is 0 Å². The van der Waals surface area contributed by atoms with Gasteiger partial charge in [0.15, 0.2) is 0 Å². The first-order chi connectivity index (χ1) is 13.3. The molecular weight excluding hydrogens is 392 g/mol. The lowest BCUT2D eigenvalue weighted by atomic mass is 10.0. The zero-order valence-electron chi connectivity index (χ0n) is 16.5. The molecule has 6 nitrogen and oxygen atoms in total. The average Bonchev–Trinajstić information content (AvgIpc) is 3.26. The summed E-state index contributed by atoms with van der Waals surface area (Å²) in [4.78, 5) is 19.2. The maximum absolute atomic E-state index is 12.9. The third-order valence-corrected chi connectivity index (χ3v) is 5.69. The van der Waals surface area contributed by atoms with Gasteiger partial charge in [-0.25, -0.2) is 4.98 Å². The van der Waals surface area contributed by atoms with Crippen LogP contribution in [0.4, 0.5) is 0 Å². The van der Waals surface area contributed by atoms with Crippen molar-refractivity contribution in [3.05, 3.63) is 57.9 Å². The lowest BCUT2D eigenvalue weighted by molar-refractivity contribution is -0.133. The summed E-state index contributed by atoms with van der Waals surface area (Å²) in [5.74, 6) is 0.801. The smallest absolute Gasteiger partial charge is 0.277 e. The van der Waals surface area contributed by atoms with Crippen molar-refractivity contribution in [3.63, 3.8) is 0 Å². The minimum atomic E-state index is -0.282. The molecule has 0 spiro atoms. The Morgan fingerprint density at radius 3 is 2.61 bits per heavy atom. The van der Waals surface area contributed by atoms with Crippen LogP contribution in [0.3, 0.4) is 0 Å². The van der Waals surface area contributed by atoms with E-state index in [0.717, 1.165) is 16.3 Å². The molecule has 8 heteroatoms. The standard InChI is InChI=1S/C20H24N4O2S2/c1-14-21-16(12-27-14)10-17-22-23-19(26-17)28-13-18(25)24(20(2,3)4)11-15-8-6-5-7-9-15/h5-9,12H,10-11,13H2,1-4H3. The van der Waals surface area contributed by atoms with Gasteiger partial charge in [0.25, 0.3) is 5.22 Å². The maximum Gasteiger partial charge on any atom is 0.277 e. The van der Waals surface area contributed by atoms with Crippen molar-refractivity contribution >= 4 is 29.0 Å². The Hall–Kier alpha value is -2.19. The average molecular weight is 417 g/mol. The fraction of sp³-hybridized carbons (Fsp3) is 0.400. The van der Waals surface area contributed by atoms with Gasteiger partial charge in [-0.1, -0.05) is 42.1 Å². The summed E-state index contributed by atoms with van der Waals surface area (Å²) < 4.78 is 5.67. The predicted octanol–water partition coefficient (Wildman–Crippen LogP) is 4.34. The Bertz CT molecular complexity index is 916. The summed E-state index contributed by atoms with van der Waals surface area (Å²) >= 11 is 2.87. The molecule has 0 saturated heterocycles. The summed E-state index contributed by atoms with van der Waals surface area (Å²) in [5.41, 5.74) is 1.74. The number of carbonyl (C=O) groups is 1. The topological polar surface area (TPSA) is 72.1 Å². The van der Waals surface area contributed by atoms with E-state index in [0.29, 0.717) is 24.1 Å². The van der Waals surface area contributed by atoms with E-state index >= 15 is 0 Å². The van der Waals surface area contributed by atoms with Crippen LogP contribution in [0, 0.1) is 6.92 Å². The van der Waals surface area contributed by atoms with Gasteiger partial charge in [-0.15, -0.1) is 21.5 Å². The molecule has 2 aromatic heterocycles. The second kappa shape index (κ2) is 8.87. The Balaban J connectivity index is 1.59. The monoisotopic (exact) mass is 416 g/mol. The molecular formula is C20H24N4O2S2. The third kappa shape index (κ3) is 5.65. The van der Waals surface area contributed by atoms with Crippen molar-refractivity contribution in [2.24, 2.45) is 0 Å². The highest BCUT2D eigenvalue weighted by Gasteiger charge is 2.27. The van der Waals surface area contributed by atoms with Crippen LogP contribution in [-0.4, -0.2) is 37.3 Å². The molecule has 0 fully saturated rings. The van der Waals surface area contributed by atoms with E-state index in [1.165, 1.54) is 11.8 Å². The largest absolute Gasteiger partial charge is 0.416 e. The van der Waals surface area contributed by atoms with Gasteiger partial charge in [0.2, 0.25) is 11.8 Å². The number of carbonyl (C=O) groups excluding carboxylic acids is 1. The van der Waals surface area contributed by atoms with Crippen molar-refractivity contribution in [2.45, 2.75) is 51.4 Å². The summed E-state index contributed by atoms with van der Waals surface area (Å²) in [6.07, 6.45) is 0.508. The van der Waals surface area contributed by atoms with Crippen LogP contribution in [0.1, 0.15) is 42.9 Å². The van der Waals surface area contributed by atoms with Crippen LogP contribution < -0.4 is 0 Å². The molecule has 3 rings (SSSR count). The number of aryl methyl sites for hydroxylation is 1. The van der Waals surface area contributed by atoms with E-state index in [1.807, 2.05) is 68.3 Å². The summed E-state index contributed by atoms with van der Waals surface area (Å²) in [6.45, 7) is 8.66. The van der Waals surface area contributed by atoms with E-state index in [2.05, 4.69) is 15.2 Å². The Labute approximate surface area is 173 Å². The van der Waals surface area contributed by atoms with Crippen molar-refractivity contribution in [3.8, 4) is 0 Å². The molecule has 0 aliphatic heterocycles. The number of benzene rings is 1. The fourth-order valence-corrected chi connectivity index (χ4v) is 3.95. The SMILES string of the molecule is Cc1nc(Cc2nnc(SCC(=O)N(Cc3ccccc3)C(C)(C)C)o2)cs1. The number of amides is 1. The minimum absolute atomic E-state index is 0.0382. The van der Waals surface area contributed by atoms with Gasteiger partial charge in [0.1, 0.15) is 0 Å². The van der Waals surface area contributed by atoms with E-state index < -0.39 is 0 Å². The molecule has 0 saturated carbocycles. The quantitative estimate of drug-likeness (QED) is 0.533. The molecule has 0 aliphatic carbocycles. The molecule has 0 unspecified atom stereocenters. The normalized spacial score (nSPS) is 11.6. The van der Waals surface area contributed by atoms with Crippen molar-refractivity contribution in [1.29, 1.82) is 0 Å². The van der Waals surface area contributed by atoms with Crippen LogP contribution >= 0.6 is 23.1 Å². The number of thiazole rings is 1. The Morgan fingerprint density at radius 1 is 1.21 bits per heavy atom. The molecule has 148 valence electrons. The van der Waals surface area contributed by atoms with E-state index in [-0.39, 0.29) is 17.2 Å². The number of nitrogens with zero attached hydrogens (tertiary/aromatic N) is 4. The van der Waals surface area contributed by atoms with E-state index in [4.69, 9.17) is 4.42 Å². The lowest BCUT2D eigenvalue weighted by Crippen LogP contribution is -2.45. The highest BCUT2D eigenvalue weighted by Crippen LogP contribution is 2.23. The first-order valence-corrected chi connectivity index (χ1v) is 10.9. The van der Waals surface area contributed by atoms with Crippen molar-refractivity contribution in [1.82, 2.24) is 20.1 Å². The van der Waals surface area contributed by atoms with Gasteiger partial charge in [-0.05, 0) is 33.3 Å². The number of hydrogen-bond acceptors (Lipinski definition) is 7. The number of thioether (sulfide) groups is 1. The van der Waals surface area contributed by atoms with Crippen molar-refractivity contribution in [2.75, 3.05) is 5.75 Å². The van der Waals surface area contributed by atoms with Crippen LogP contribution in [-0.2, 0) is 17.8 Å². The molecule has 0 N–H and O–H groups in total. The zero-order chi connectivity index (χ0) is 20.1. The van der Waals surface area contributed by atoms with Gasteiger partial charge in [-0.2, -0.15) is 0 Å². The highest BCUT2D eigenvalue weighted by molar-refractivity contribution is 7.99. The van der Waals surface area contributed by atoms with Gasteiger partial charge < -0.3 is 9.32 Å². The molecule has 1 aromatic carbocycles. The maximum atomic E-state index is 12.9. The minimum Gasteiger partial charge on any atom is -0.416 e. The molecule has 28 heavy (non-hydrogen) atoms. The Kier molecular flexibility index (Phi) is 6.51. The number of hydrogen-bond donors (Lipinski definition) is 0. The van der Waals surface area contributed by atoms with Crippen LogP contribution in [0.5, 0.6) is 0 Å². The first-order valence-electron chi connectivity index (χ1n) is 9.02. The highest BCUT2D eigenvalue weighted by atomic mass is 32.2. The summed E-state index contributed by atoms with van der Waals surface area (Å²) in [6, 6.07) is 10.0. The van der Waals surface area contributed by atoms with E-state index in [1.54, 1.807) is 11.3 Å². The number of aromatic nitrogens is 3. The second-order valence-electron chi connectivity index (χ2n) is 7.42. The Morgan fingerprint density at radius 2 is 1.96 bits per heavy atom. The van der Waals surface area contributed by atoms with Crippen LogP contribution in [0.25, 0.3) is 0 Å². The summed E-state index contributed by atoms with van der Waals surface area (Å²) in [5, 5.41) is 11.5. The second-order valence-corrected chi connectivity index (χ2v) is 9.41. The van der Waals surface area contributed by atoms with Gasteiger partial charge in [-0.3, -0.25) is 4.79 Å². The predicted molar refractivity (Wildman–Crippen MR) is 111 cm³/mol. The molecule has 1 amide bonds. The number of rotatable bonds is 7. The molecule has 3 aromatic rings. The molecule has 0 bridgehead atoms. The first kappa shape index (κ1) is 20.5. The lowest BCUT2D eigenvalue weighted by Gasteiger charge is -2.35. The van der Waals surface area contributed by atoms with E-state index in [9.17, 15) is 4.79 Å². The zero-order valence-corrected chi connectivity index (χ0v) is 18.1. The summed E-state index contributed by atoms with van der Waals surface area (Å²) in [7, 11) is 0. The molecule has 0 radical (unpaired) electrons. The van der Waals surface area contributed by atoms with Crippen molar-refractivity contribution < 1.29 is 9.21 Å². The van der Waals surface area contributed by atoms with Crippen LogP contribution in [0.15, 0.2) is 45.4 Å². The van der Waals surface area contributed by atoms with Gasteiger partial charge in [0.05, 0.1) is 22.9 Å².